The van der Waals surface area contributed by atoms with Gasteiger partial charge in [-0.3, -0.25) is 0 Å². The van der Waals surface area contributed by atoms with E-state index in [0.29, 0.717) is 0 Å². The molecule has 0 N–H and O–H groups in total. The molecule has 5 unspecified atom stereocenters. The van der Waals surface area contributed by atoms with E-state index < -0.39 is 6.51 Å². The molecule has 10 aliphatic heterocycles. The van der Waals surface area contributed by atoms with Gasteiger partial charge < -0.3 is 0 Å². The molecular weight excluding hydrogens is 375 g/mol. The summed E-state index contributed by atoms with van der Waals surface area (Å²) in [5.74, 6) is 0. The Hall–Kier alpha value is -0.611. The molecule has 10 heterocycles. The van der Waals surface area contributed by atoms with E-state index in [9.17, 15) is 0 Å². The maximum absolute atomic E-state index is 3.39. The molecule has 0 bridgehead atoms. The number of hydrogen-bond donors (Lipinski definition) is 0. The van der Waals surface area contributed by atoms with Gasteiger partial charge in [-0.2, -0.15) is 0 Å². The Morgan fingerprint density at radius 2 is 1.15 bits per heavy atom. The zero-order chi connectivity index (χ0) is 16.7. The molecule has 10 aliphatic rings. The first-order valence-corrected chi connectivity index (χ1v) is 18.0. The van der Waals surface area contributed by atoms with Crippen LogP contribution in [-0.4, -0.2) is 4.05 Å². The molecule has 26 heavy (non-hydrogen) atoms. The third-order valence-corrected chi connectivity index (χ3v) is 71.9. The third kappa shape index (κ3) is 0.160. The first kappa shape index (κ1) is 11.4. The Kier molecular flexibility index (Phi) is 0.558. The van der Waals surface area contributed by atoms with Crippen LogP contribution in [-0.2, 0) is 6.51 Å². The van der Waals surface area contributed by atoms with Gasteiger partial charge >= 0.3 is 146 Å². The van der Waals surface area contributed by atoms with E-state index in [2.05, 4.69) is 74.5 Å². The zero-order valence-corrected chi connectivity index (χ0v) is 17.1. The topological polar surface area (TPSA) is 0 Å². The summed E-state index contributed by atoms with van der Waals surface area (Å²) in [6.07, 6.45) is 0. The van der Waals surface area contributed by atoms with Crippen LogP contribution in [0.5, 0.6) is 0 Å². The molecule has 10 fully saturated rings. The molecule has 5 atom stereocenters. The number of rotatable bonds is 3. The zero-order valence-electron chi connectivity index (χ0n) is 15.1. The summed E-state index contributed by atoms with van der Waals surface area (Å²) in [7, 11) is -0.149. The predicted octanol–water partition coefficient (Wildman–Crippen LogP) is 6.20. The Morgan fingerprint density at radius 1 is 0.692 bits per heavy atom. The molecule has 0 radical (unpaired) electrons. The molecule has 0 aromatic heterocycles. The average molecular weight is 398 g/mol. The van der Waals surface area contributed by atoms with Gasteiger partial charge in [0.1, 0.15) is 0 Å². The van der Waals surface area contributed by atoms with Gasteiger partial charge in [0.15, 0.2) is 0 Å². The van der Waals surface area contributed by atoms with Gasteiger partial charge in [0.05, 0.1) is 0 Å². The van der Waals surface area contributed by atoms with Crippen LogP contribution in [0.1, 0.15) is 13.8 Å². The quantitative estimate of drug-likeness (QED) is 0.427. The summed E-state index contributed by atoms with van der Waals surface area (Å²) in [6.45, 7) is 2.42. The van der Waals surface area contributed by atoms with Gasteiger partial charge in [0.25, 0.3) is 0 Å². The van der Waals surface area contributed by atoms with Crippen molar-refractivity contribution < 1.29 is 6.51 Å². The van der Waals surface area contributed by atoms with E-state index in [4.69, 9.17) is 0 Å². The van der Waals surface area contributed by atoms with Crippen molar-refractivity contribution in [2.24, 2.45) is 0 Å². The van der Waals surface area contributed by atoms with Gasteiger partial charge in [0.2, 0.25) is 0 Å². The second kappa shape index (κ2) is 1.27. The summed E-state index contributed by atoms with van der Waals surface area (Å²) < 4.78 is 2.72. The van der Waals surface area contributed by atoms with Gasteiger partial charge in [-0.25, -0.2) is 0 Å². The SMILES string of the molecule is C[C]12[CH]3[CH]4[C]5(P(c6ccccc6)c6ccccc6)[C]1(C)[Fe]34251678[CH]2[CH]1[CH]6[CH]7[CH]28. The number of hydrogen-bond acceptors (Lipinski definition) is 0. The Morgan fingerprint density at radius 3 is 1.42 bits per heavy atom. The van der Waals surface area contributed by atoms with Crippen molar-refractivity contribution >= 4 is 18.5 Å². The second-order valence-electron chi connectivity index (χ2n) is 13.5. The van der Waals surface area contributed by atoms with Gasteiger partial charge in [0, 0.05) is 0 Å². The molecule has 0 aliphatic carbocycles. The van der Waals surface area contributed by atoms with Crippen LogP contribution in [0.15, 0.2) is 60.7 Å². The second-order valence-corrected chi connectivity index (χ2v) is 39.7. The van der Waals surface area contributed by atoms with Gasteiger partial charge in [-0.15, -0.1) is 0 Å². The van der Waals surface area contributed by atoms with Gasteiger partial charge in [-0.05, 0) is 0 Å². The van der Waals surface area contributed by atoms with Crippen molar-refractivity contribution in [3.8, 4) is 0 Å². The summed E-state index contributed by atoms with van der Waals surface area (Å²) in [6, 6.07) is 23.8. The monoisotopic (exact) mass is 398 g/mol. The Bertz CT molecular complexity index is 1510. The Labute approximate surface area is 145 Å². The van der Waals surface area contributed by atoms with E-state index in [1.165, 1.54) is 33.7 Å². The standard InChI is InChI=1S/C19H18P.C5H5.Fe/c1-15-13-14-19(16(15)2)20(17-9-5-3-6-10-17)18-11-7-4-8-12-18;1-2-4-5-3-1;/h3-14H,1-2H3;1-5H;. The van der Waals surface area contributed by atoms with Crippen molar-refractivity contribution in [2.45, 2.75) is 60.2 Å². The van der Waals surface area contributed by atoms with E-state index >= 15 is 0 Å². The predicted molar refractivity (Wildman–Crippen MR) is 105 cm³/mol. The third-order valence-electron chi connectivity index (χ3n) is 18.9. The molecule has 132 valence electrons. The fourth-order valence-corrected chi connectivity index (χ4v) is 116. The van der Waals surface area contributed by atoms with Crippen LogP contribution in [0.4, 0.5) is 0 Å². The fraction of sp³-hybridized carbons (Fsp3) is 0.500. The van der Waals surface area contributed by atoms with E-state index in [-0.39, 0.29) is 7.92 Å². The summed E-state index contributed by atoms with van der Waals surface area (Å²) in [5.41, 5.74) is 0. The summed E-state index contributed by atoms with van der Waals surface area (Å²) in [5, 5.41) is 3.46. The normalized spacial score (nSPS) is 87.7. The van der Waals surface area contributed by atoms with E-state index in [1.54, 1.807) is 10.6 Å². The van der Waals surface area contributed by atoms with E-state index in [0.717, 1.165) is 12.7 Å². The van der Waals surface area contributed by atoms with Crippen LogP contribution in [0.3, 0.4) is 0 Å². The summed E-state index contributed by atoms with van der Waals surface area (Å²) >= 11 is 0. The molecule has 2 aromatic carbocycles. The first-order chi connectivity index (χ1) is 12.4. The van der Waals surface area contributed by atoms with Crippen molar-refractivity contribution in [1.29, 1.82) is 0 Å². The first-order valence-electron chi connectivity index (χ1n) is 10.5. The van der Waals surface area contributed by atoms with Crippen molar-refractivity contribution in [3.63, 3.8) is 0 Å². The van der Waals surface area contributed by atoms with Crippen LogP contribution in [0, 0.1) is 0 Å². The van der Waals surface area contributed by atoms with Crippen LogP contribution < -0.4 is 10.6 Å². The van der Waals surface area contributed by atoms with Crippen LogP contribution in [0.2, 0.25) is 42.3 Å². The van der Waals surface area contributed by atoms with Gasteiger partial charge in [-0.1, -0.05) is 0 Å². The molecular formula is C24H23FeP. The van der Waals surface area contributed by atoms with Crippen molar-refractivity contribution in [3.05, 3.63) is 60.7 Å². The van der Waals surface area contributed by atoms with Crippen molar-refractivity contribution in [2.75, 3.05) is 0 Å². The fourth-order valence-electron chi connectivity index (χ4n) is 21.3. The molecule has 0 saturated carbocycles. The minimum atomic E-state index is -3.39. The van der Waals surface area contributed by atoms with Crippen LogP contribution in [0.25, 0.3) is 0 Å². The minimum absolute atomic E-state index is 0.149. The molecule has 12 rings (SSSR count). The van der Waals surface area contributed by atoms with Crippen LogP contribution >= 0.6 is 7.92 Å². The number of benzene rings is 2. The van der Waals surface area contributed by atoms with Crippen molar-refractivity contribution in [1.82, 2.24) is 0 Å². The van der Waals surface area contributed by atoms with E-state index in [1.807, 2.05) is 0 Å². The molecule has 2 heteroatoms. The molecule has 0 nitrogen and oxygen atoms in total. The molecule has 1 spiro atoms. The maximum atomic E-state index is 2.92. The number of fused-ring (bicyclic) bond motifs is 10. The molecule has 2 aromatic rings. The average Bonchev–Trinajstić information content (AvgIpc) is 3.64. The Balaban J connectivity index is 1.33. The summed E-state index contributed by atoms with van der Waals surface area (Å²) in [4.78, 5) is 9.56. The molecule has 10 saturated heterocycles. The molecule has 0 amide bonds.